The van der Waals surface area contributed by atoms with Crippen molar-refractivity contribution >= 4 is 50.6 Å². The van der Waals surface area contributed by atoms with Crippen LogP contribution in [0.1, 0.15) is 23.0 Å². The van der Waals surface area contributed by atoms with Gasteiger partial charge in [-0.3, -0.25) is 9.59 Å². The Kier molecular flexibility index (Phi) is 5.18. The Morgan fingerprint density at radius 1 is 1.16 bits per heavy atom. The summed E-state index contributed by atoms with van der Waals surface area (Å²) >= 11 is 1.35. The third-order valence-corrected chi connectivity index (χ3v) is 6.52. The van der Waals surface area contributed by atoms with E-state index in [4.69, 9.17) is 14.2 Å². The summed E-state index contributed by atoms with van der Waals surface area (Å²) in [5.41, 5.74) is 1.30. The van der Waals surface area contributed by atoms with E-state index in [2.05, 4.69) is 5.32 Å². The number of thiophene rings is 1. The summed E-state index contributed by atoms with van der Waals surface area (Å²) in [6, 6.07) is 12.5. The van der Waals surface area contributed by atoms with E-state index in [0.717, 1.165) is 10.1 Å². The summed E-state index contributed by atoms with van der Waals surface area (Å²) in [4.78, 5) is 39.5. The average molecular weight is 452 g/mol. The lowest BCUT2D eigenvalue weighted by Gasteiger charge is -2.17. The fourth-order valence-corrected chi connectivity index (χ4v) is 4.79. The van der Waals surface area contributed by atoms with Gasteiger partial charge in [-0.1, -0.05) is 0 Å². The maximum absolute atomic E-state index is 12.9. The molecule has 5 rings (SSSR count). The maximum atomic E-state index is 12.9. The van der Waals surface area contributed by atoms with E-state index >= 15 is 0 Å². The first kappa shape index (κ1) is 20.3. The quantitative estimate of drug-likeness (QED) is 0.592. The monoisotopic (exact) mass is 452 g/mol. The second kappa shape index (κ2) is 8.16. The fraction of sp³-hybridized carbons (Fsp3) is 0.261. The van der Waals surface area contributed by atoms with Crippen molar-refractivity contribution in [3.63, 3.8) is 0 Å². The van der Waals surface area contributed by atoms with E-state index in [1.807, 2.05) is 12.1 Å². The Morgan fingerprint density at radius 2 is 2.00 bits per heavy atom. The predicted octanol–water partition coefficient (Wildman–Crippen LogP) is 3.80. The molecule has 1 N–H and O–H groups in total. The van der Waals surface area contributed by atoms with Gasteiger partial charge in [-0.15, -0.1) is 11.3 Å². The molecule has 0 bridgehead atoms. The number of ether oxygens (including phenoxy) is 3. The van der Waals surface area contributed by atoms with Crippen molar-refractivity contribution in [1.82, 2.24) is 0 Å². The van der Waals surface area contributed by atoms with Gasteiger partial charge in [0.15, 0.2) is 11.5 Å². The SMILES string of the molecule is CCOC(=O)c1cc2cc(NC(=O)C3CC(=O)N(c4ccc5c(c4)OCO5)C3)ccc2s1. The molecule has 3 heterocycles. The summed E-state index contributed by atoms with van der Waals surface area (Å²) in [6.45, 7) is 2.53. The van der Waals surface area contributed by atoms with Crippen molar-refractivity contribution in [3.05, 3.63) is 47.3 Å². The predicted molar refractivity (Wildman–Crippen MR) is 119 cm³/mol. The lowest BCUT2D eigenvalue weighted by Crippen LogP contribution is -2.28. The molecule has 2 aromatic carbocycles. The molecule has 32 heavy (non-hydrogen) atoms. The number of carbonyl (C=O) groups is 3. The first-order chi connectivity index (χ1) is 15.5. The third-order valence-electron chi connectivity index (χ3n) is 5.42. The Hall–Kier alpha value is -3.59. The summed E-state index contributed by atoms with van der Waals surface area (Å²) in [6.07, 6.45) is 0.133. The lowest BCUT2D eigenvalue weighted by atomic mass is 10.1. The molecule has 0 spiro atoms. The van der Waals surface area contributed by atoms with Gasteiger partial charge in [-0.2, -0.15) is 0 Å². The number of nitrogens with zero attached hydrogens (tertiary/aromatic N) is 1. The van der Waals surface area contributed by atoms with E-state index in [9.17, 15) is 14.4 Å². The molecule has 1 aromatic heterocycles. The molecule has 8 nitrogen and oxygen atoms in total. The van der Waals surface area contributed by atoms with Gasteiger partial charge in [-0.25, -0.2) is 4.79 Å². The molecule has 0 radical (unpaired) electrons. The van der Waals surface area contributed by atoms with Crippen LogP contribution in [-0.2, 0) is 14.3 Å². The molecule has 1 atom stereocenters. The molecule has 1 unspecified atom stereocenters. The Bertz CT molecular complexity index is 1240. The van der Waals surface area contributed by atoms with Crippen LogP contribution in [0.25, 0.3) is 10.1 Å². The lowest BCUT2D eigenvalue weighted by molar-refractivity contribution is -0.122. The van der Waals surface area contributed by atoms with Gasteiger partial charge in [0.05, 0.1) is 12.5 Å². The summed E-state index contributed by atoms with van der Waals surface area (Å²) in [7, 11) is 0. The highest BCUT2D eigenvalue weighted by Crippen LogP contribution is 2.37. The minimum Gasteiger partial charge on any atom is -0.462 e. The third kappa shape index (κ3) is 3.75. The van der Waals surface area contributed by atoms with Crippen LogP contribution in [-0.4, -0.2) is 37.7 Å². The number of anilines is 2. The van der Waals surface area contributed by atoms with Gasteiger partial charge in [0.1, 0.15) is 4.88 Å². The maximum Gasteiger partial charge on any atom is 0.348 e. The second-order valence-electron chi connectivity index (χ2n) is 7.52. The molecule has 3 aromatic rings. The number of rotatable bonds is 5. The van der Waals surface area contributed by atoms with Crippen LogP contribution >= 0.6 is 11.3 Å². The van der Waals surface area contributed by atoms with Gasteiger partial charge < -0.3 is 24.4 Å². The number of carbonyl (C=O) groups excluding carboxylic acids is 3. The second-order valence-corrected chi connectivity index (χ2v) is 8.60. The highest BCUT2D eigenvalue weighted by Gasteiger charge is 2.35. The molecule has 1 fully saturated rings. The van der Waals surface area contributed by atoms with Crippen LogP contribution in [0.3, 0.4) is 0 Å². The number of benzene rings is 2. The van der Waals surface area contributed by atoms with Crippen LogP contribution in [0.15, 0.2) is 42.5 Å². The number of fused-ring (bicyclic) bond motifs is 2. The largest absolute Gasteiger partial charge is 0.462 e. The van der Waals surface area contributed by atoms with E-state index in [1.54, 1.807) is 42.2 Å². The molecule has 2 aliphatic rings. The summed E-state index contributed by atoms with van der Waals surface area (Å²) in [5, 5.41) is 3.75. The molecule has 2 aliphatic heterocycles. The Labute approximate surface area is 187 Å². The van der Waals surface area contributed by atoms with Crippen molar-refractivity contribution in [1.29, 1.82) is 0 Å². The van der Waals surface area contributed by atoms with E-state index in [1.165, 1.54) is 11.3 Å². The van der Waals surface area contributed by atoms with Gasteiger partial charge in [0, 0.05) is 35.1 Å². The van der Waals surface area contributed by atoms with E-state index in [-0.39, 0.29) is 37.5 Å². The minimum absolute atomic E-state index is 0.114. The number of amides is 2. The highest BCUT2D eigenvalue weighted by atomic mass is 32.1. The van der Waals surface area contributed by atoms with Crippen molar-refractivity contribution in [3.8, 4) is 11.5 Å². The van der Waals surface area contributed by atoms with Gasteiger partial charge >= 0.3 is 5.97 Å². The topological polar surface area (TPSA) is 94.2 Å². The Balaban J connectivity index is 1.28. The molecular weight excluding hydrogens is 432 g/mol. The zero-order valence-corrected chi connectivity index (χ0v) is 18.1. The summed E-state index contributed by atoms with van der Waals surface area (Å²) < 4.78 is 16.7. The normalized spacial score (nSPS) is 17.1. The molecule has 1 saturated heterocycles. The zero-order valence-electron chi connectivity index (χ0n) is 17.3. The fourth-order valence-electron chi connectivity index (χ4n) is 3.85. The molecule has 9 heteroatoms. The highest BCUT2D eigenvalue weighted by molar-refractivity contribution is 7.20. The minimum atomic E-state index is -0.471. The smallest absolute Gasteiger partial charge is 0.348 e. The summed E-state index contributed by atoms with van der Waals surface area (Å²) in [5.74, 6) is 0.0748. The van der Waals surface area contributed by atoms with Gasteiger partial charge in [0.25, 0.3) is 0 Å². The number of esters is 1. The van der Waals surface area contributed by atoms with Crippen LogP contribution in [0.4, 0.5) is 11.4 Å². The first-order valence-corrected chi connectivity index (χ1v) is 11.0. The molecule has 164 valence electrons. The number of hydrogen-bond donors (Lipinski definition) is 1. The molecule has 0 saturated carbocycles. The number of hydrogen-bond acceptors (Lipinski definition) is 7. The van der Waals surface area contributed by atoms with Crippen LogP contribution in [0, 0.1) is 5.92 Å². The van der Waals surface area contributed by atoms with Crippen molar-refractivity contribution < 1.29 is 28.6 Å². The van der Waals surface area contributed by atoms with Crippen LogP contribution < -0.4 is 19.7 Å². The van der Waals surface area contributed by atoms with E-state index < -0.39 is 5.92 Å². The van der Waals surface area contributed by atoms with Crippen LogP contribution in [0.2, 0.25) is 0 Å². The van der Waals surface area contributed by atoms with Crippen molar-refractivity contribution in [2.75, 3.05) is 30.2 Å². The van der Waals surface area contributed by atoms with Gasteiger partial charge in [0.2, 0.25) is 18.6 Å². The number of nitrogens with one attached hydrogen (secondary N) is 1. The molecular formula is C23H20N2O6S. The van der Waals surface area contributed by atoms with Crippen LogP contribution in [0.5, 0.6) is 11.5 Å². The Morgan fingerprint density at radius 3 is 2.84 bits per heavy atom. The van der Waals surface area contributed by atoms with Crippen molar-refractivity contribution in [2.24, 2.45) is 5.92 Å². The standard InChI is InChI=1S/C23H20N2O6S/c1-2-29-23(28)20-8-13-7-15(3-6-19(13)32-20)24-22(27)14-9-21(26)25(11-14)16-4-5-17-18(10-16)31-12-30-17/h3-8,10,14H,2,9,11-12H2,1H3,(H,24,27). The molecule has 0 aliphatic carbocycles. The average Bonchev–Trinajstić information content (AvgIpc) is 3.50. The first-order valence-electron chi connectivity index (χ1n) is 10.2. The van der Waals surface area contributed by atoms with E-state index in [0.29, 0.717) is 34.4 Å². The van der Waals surface area contributed by atoms with Gasteiger partial charge in [-0.05, 0) is 48.7 Å². The van der Waals surface area contributed by atoms with Crippen molar-refractivity contribution in [2.45, 2.75) is 13.3 Å². The molecule has 2 amide bonds. The zero-order chi connectivity index (χ0) is 22.2.